The van der Waals surface area contributed by atoms with Crippen molar-refractivity contribution < 1.29 is 24.2 Å². The van der Waals surface area contributed by atoms with E-state index in [1.807, 2.05) is 6.92 Å². The highest BCUT2D eigenvalue weighted by Gasteiger charge is 2.21. The number of carbonyl (C=O) groups is 2. The van der Waals surface area contributed by atoms with Gasteiger partial charge in [0.25, 0.3) is 5.91 Å². The summed E-state index contributed by atoms with van der Waals surface area (Å²) in [6.45, 7) is 3.22. The van der Waals surface area contributed by atoms with Gasteiger partial charge in [-0.25, -0.2) is 0 Å². The smallest absolute Gasteiger partial charge is 0.259 e. The zero-order valence-corrected chi connectivity index (χ0v) is 22.1. The number of azo groups is 1. The van der Waals surface area contributed by atoms with Crippen LogP contribution >= 0.6 is 0 Å². The van der Waals surface area contributed by atoms with Crippen LogP contribution in [0.5, 0.6) is 17.2 Å². The Morgan fingerprint density at radius 1 is 0.900 bits per heavy atom. The molecule has 12 heteroatoms. The summed E-state index contributed by atoms with van der Waals surface area (Å²) in [5.74, 6) is 0.452. The van der Waals surface area contributed by atoms with Crippen molar-refractivity contribution >= 4 is 34.5 Å². The highest BCUT2D eigenvalue weighted by atomic mass is 16.5. The van der Waals surface area contributed by atoms with Crippen molar-refractivity contribution in [2.75, 3.05) is 19.5 Å². The average Bonchev–Trinajstić information content (AvgIpc) is 3.50. The molecular weight excluding hydrogens is 514 g/mol. The van der Waals surface area contributed by atoms with E-state index in [-0.39, 0.29) is 17.2 Å². The number of rotatable bonds is 7. The number of aromatic hydroxyl groups is 1. The second-order valence-corrected chi connectivity index (χ2v) is 8.78. The maximum Gasteiger partial charge on any atom is 0.259 e. The summed E-state index contributed by atoms with van der Waals surface area (Å²) in [5.41, 5.74) is 3.09. The monoisotopic (exact) mass is 539 g/mol. The van der Waals surface area contributed by atoms with E-state index in [1.165, 1.54) is 30.8 Å². The molecule has 0 aliphatic rings. The second kappa shape index (κ2) is 10.7. The molecule has 2 heterocycles. The van der Waals surface area contributed by atoms with Crippen LogP contribution in [0.25, 0.3) is 17.0 Å². The summed E-state index contributed by atoms with van der Waals surface area (Å²) in [5, 5.41) is 30.4. The van der Waals surface area contributed by atoms with E-state index in [2.05, 4.69) is 25.7 Å². The third kappa shape index (κ3) is 5.10. The Morgan fingerprint density at radius 3 is 2.33 bits per heavy atom. The molecule has 0 aliphatic heterocycles. The number of methoxy groups -OCH3 is 2. The number of aromatic nitrogens is 4. The third-order valence-electron chi connectivity index (χ3n) is 6.00. The molecule has 0 saturated carbocycles. The number of nitrogens with zero attached hydrogens (tertiary/aromatic N) is 6. The van der Waals surface area contributed by atoms with Crippen LogP contribution in [0.4, 0.5) is 17.1 Å². The average molecular weight is 540 g/mol. The number of fused-ring (bicyclic) bond motifs is 1. The van der Waals surface area contributed by atoms with Gasteiger partial charge < -0.3 is 19.9 Å². The van der Waals surface area contributed by atoms with E-state index in [0.29, 0.717) is 51.3 Å². The maximum atomic E-state index is 13.2. The largest absolute Gasteiger partial charge is 0.507 e. The van der Waals surface area contributed by atoms with Gasteiger partial charge in [-0.1, -0.05) is 0 Å². The van der Waals surface area contributed by atoms with Crippen molar-refractivity contribution in [2.24, 2.45) is 10.2 Å². The molecule has 0 fully saturated rings. The van der Waals surface area contributed by atoms with Gasteiger partial charge in [-0.15, -0.1) is 5.10 Å². The van der Waals surface area contributed by atoms with E-state index in [4.69, 9.17) is 9.47 Å². The highest BCUT2D eigenvalue weighted by molar-refractivity contribution is 6.07. The predicted molar refractivity (Wildman–Crippen MR) is 147 cm³/mol. The maximum absolute atomic E-state index is 13.2. The topological polar surface area (TPSA) is 145 Å². The van der Waals surface area contributed by atoms with E-state index in [1.54, 1.807) is 66.2 Å². The van der Waals surface area contributed by atoms with Crippen LogP contribution in [0.1, 0.15) is 27.8 Å². The number of anilines is 1. The Morgan fingerprint density at radius 2 is 1.62 bits per heavy atom. The minimum atomic E-state index is -0.565. The molecule has 0 radical (unpaired) electrons. The molecule has 0 saturated heterocycles. The van der Waals surface area contributed by atoms with Gasteiger partial charge in [0.2, 0.25) is 5.91 Å². The van der Waals surface area contributed by atoms with Crippen LogP contribution in [0, 0.1) is 6.92 Å². The van der Waals surface area contributed by atoms with Crippen LogP contribution in [-0.2, 0) is 0 Å². The molecule has 1 amide bonds. The number of hydrogen-bond acceptors (Lipinski definition) is 9. The van der Waals surface area contributed by atoms with Crippen LogP contribution in [-0.4, -0.2) is 50.5 Å². The molecule has 0 aliphatic carbocycles. The fourth-order valence-corrected chi connectivity index (χ4v) is 4.07. The lowest BCUT2D eigenvalue weighted by Gasteiger charge is -2.11. The number of phenols is 1. The summed E-state index contributed by atoms with van der Waals surface area (Å²) < 4.78 is 13.5. The Bertz CT molecular complexity index is 1770. The summed E-state index contributed by atoms with van der Waals surface area (Å²) in [6.07, 6.45) is 0. The van der Waals surface area contributed by atoms with Crippen molar-refractivity contribution in [1.82, 2.24) is 19.4 Å². The van der Waals surface area contributed by atoms with Gasteiger partial charge in [-0.2, -0.15) is 24.5 Å². The van der Waals surface area contributed by atoms with E-state index in [9.17, 15) is 14.7 Å². The standard InChI is InChI=1S/C28H25N7O5/c1-16-13-26-34(17(2)36)33-27(35(26)32-16)23-14-19(8-12-25(23)40-4)29-28(38)22-15-20(7-11-24(22)37)31-30-18-5-9-21(39-3)10-6-18/h5-15,37H,1-4H3,(H,29,38). The third-order valence-corrected chi connectivity index (χ3v) is 6.00. The van der Waals surface area contributed by atoms with Crippen LogP contribution in [0.3, 0.4) is 0 Å². The lowest BCUT2D eigenvalue weighted by atomic mass is 10.1. The first-order valence-corrected chi connectivity index (χ1v) is 12.1. The van der Waals surface area contributed by atoms with Gasteiger partial charge in [0.1, 0.15) is 17.2 Å². The molecule has 3 aromatic carbocycles. The van der Waals surface area contributed by atoms with Crippen molar-refractivity contribution in [3.05, 3.63) is 78.0 Å². The van der Waals surface area contributed by atoms with E-state index in [0.717, 1.165) is 0 Å². The minimum absolute atomic E-state index is 0.00879. The number of hydrogen-bond donors (Lipinski definition) is 2. The number of nitrogens with one attached hydrogen (secondary N) is 1. The Labute approximate surface area is 228 Å². The molecule has 2 aromatic heterocycles. The lowest BCUT2D eigenvalue weighted by Crippen LogP contribution is -2.12. The van der Waals surface area contributed by atoms with Crippen molar-refractivity contribution in [2.45, 2.75) is 13.8 Å². The van der Waals surface area contributed by atoms with E-state index >= 15 is 0 Å². The van der Waals surface area contributed by atoms with Crippen LogP contribution < -0.4 is 14.8 Å². The summed E-state index contributed by atoms with van der Waals surface area (Å²) in [4.78, 5) is 25.4. The molecule has 12 nitrogen and oxygen atoms in total. The quantitative estimate of drug-likeness (QED) is 0.258. The van der Waals surface area contributed by atoms with Gasteiger partial charge in [0.15, 0.2) is 11.5 Å². The minimum Gasteiger partial charge on any atom is -0.507 e. The van der Waals surface area contributed by atoms with Gasteiger partial charge in [-0.3, -0.25) is 9.59 Å². The first kappa shape index (κ1) is 26.1. The fraction of sp³-hybridized carbons (Fsp3) is 0.143. The van der Waals surface area contributed by atoms with Crippen molar-refractivity contribution in [3.8, 4) is 28.6 Å². The Kier molecular flexibility index (Phi) is 6.98. The van der Waals surface area contributed by atoms with Gasteiger partial charge in [-0.05, 0) is 67.6 Å². The Hall–Kier alpha value is -5.52. The van der Waals surface area contributed by atoms with Crippen molar-refractivity contribution in [3.63, 3.8) is 0 Å². The molecule has 40 heavy (non-hydrogen) atoms. The predicted octanol–water partition coefficient (Wildman–Crippen LogP) is 5.56. The number of carbonyl (C=O) groups excluding carboxylic acids is 2. The molecule has 0 unspecified atom stereocenters. The molecule has 0 bridgehead atoms. The fourth-order valence-electron chi connectivity index (χ4n) is 4.07. The molecule has 0 atom stereocenters. The number of aryl methyl sites for hydroxylation is 1. The first-order chi connectivity index (χ1) is 19.3. The zero-order valence-electron chi connectivity index (χ0n) is 22.1. The lowest BCUT2D eigenvalue weighted by molar-refractivity contribution is 0.0926. The SMILES string of the molecule is COc1ccc(N=Nc2ccc(O)c(C(=O)Nc3ccc(OC)c(-c4nn(C(C)=O)c5cc(C)nn45)c3)c2)cc1. The van der Waals surface area contributed by atoms with Crippen LogP contribution in [0.2, 0.25) is 0 Å². The van der Waals surface area contributed by atoms with Gasteiger partial charge in [0, 0.05) is 18.7 Å². The summed E-state index contributed by atoms with van der Waals surface area (Å²) >= 11 is 0. The number of phenolic OH excluding ortho intramolecular Hbond substituents is 1. The van der Waals surface area contributed by atoms with Gasteiger partial charge in [0.05, 0.1) is 42.4 Å². The molecule has 202 valence electrons. The number of ether oxygens (including phenoxy) is 2. The molecule has 5 rings (SSSR count). The molecular formula is C28H25N7O5. The molecule has 0 spiro atoms. The van der Waals surface area contributed by atoms with Crippen molar-refractivity contribution in [1.29, 1.82) is 0 Å². The summed E-state index contributed by atoms with van der Waals surface area (Å²) in [6, 6.07) is 18.1. The number of amides is 1. The highest BCUT2D eigenvalue weighted by Crippen LogP contribution is 2.33. The van der Waals surface area contributed by atoms with E-state index < -0.39 is 5.91 Å². The van der Waals surface area contributed by atoms with Crippen LogP contribution in [0.15, 0.2) is 77.0 Å². The normalized spacial score (nSPS) is 11.2. The number of benzene rings is 3. The van der Waals surface area contributed by atoms with Gasteiger partial charge >= 0.3 is 0 Å². The molecule has 5 aromatic rings. The second-order valence-electron chi connectivity index (χ2n) is 8.78. The molecule has 2 N–H and O–H groups in total. The summed E-state index contributed by atoms with van der Waals surface area (Å²) in [7, 11) is 3.09. The first-order valence-electron chi connectivity index (χ1n) is 12.1. The Balaban J connectivity index is 1.44. The zero-order chi connectivity index (χ0) is 28.4.